The topological polar surface area (TPSA) is 67.9 Å². The monoisotopic (exact) mass is 410 g/mol. The Morgan fingerprint density at radius 3 is 2.59 bits per heavy atom. The van der Waals surface area contributed by atoms with E-state index in [2.05, 4.69) is 21.1 Å². The highest BCUT2D eigenvalue weighted by Crippen LogP contribution is 2.24. The number of thiophene rings is 1. The van der Waals surface area contributed by atoms with E-state index >= 15 is 0 Å². The molecule has 2 heterocycles. The second kappa shape index (κ2) is 9.66. The highest BCUT2D eigenvalue weighted by molar-refractivity contribution is 7.89. The molecular weight excluding hydrogens is 384 g/mol. The first-order chi connectivity index (χ1) is 13.1. The summed E-state index contributed by atoms with van der Waals surface area (Å²) < 4.78 is 39.2. The Kier molecular flexibility index (Phi) is 7.26. The van der Waals surface area contributed by atoms with Gasteiger partial charge >= 0.3 is 0 Å². The van der Waals surface area contributed by atoms with Gasteiger partial charge in [0.2, 0.25) is 10.0 Å². The molecule has 1 unspecified atom stereocenters. The average Bonchev–Trinajstić information content (AvgIpc) is 3.22. The summed E-state index contributed by atoms with van der Waals surface area (Å²) >= 11 is 1.62. The van der Waals surface area contributed by atoms with Crippen molar-refractivity contribution >= 4 is 21.4 Å². The van der Waals surface area contributed by atoms with Crippen LogP contribution in [0.3, 0.4) is 0 Å². The van der Waals surface area contributed by atoms with Gasteiger partial charge in [0.05, 0.1) is 24.7 Å². The third-order valence-corrected chi connectivity index (χ3v) is 6.63. The Hall–Kier alpha value is -1.45. The zero-order chi connectivity index (χ0) is 19.1. The SMILES string of the molecule is CCCOc1ccc(S(=O)(=O)NCC(c2ccsc2)N2CCOCC2)cc1. The van der Waals surface area contributed by atoms with Gasteiger partial charge in [0.25, 0.3) is 0 Å². The van der Waals surface area contributed by atoms with Gasteiger partial charge in [-0.05, 0) is 53.1 Å². The highest BCUT2D eigenvalue weighted by atomic mass is 32.2. The van der Waals surface area contributed by atoms with E-state index in [1.54, 1.807) is 35.6 Å². The molecule has 0 radical (unpaired) electrons. The molecule has 3 rings (SSSR count). The predicted octanol–water partition coefficient (Wildman–Crippen LogP) is 2.89. The van der Waals surface area contributed by atoms with Gasteiger partial charge in [-0.3, -0.25) is 4.90 Å². The number of nitrogens with zero attached hydrogens (tertiary/aromatic N) is 1. The van der Waals surface area contributed by atoms with E-state index in [1.165, 1.54) is 0 Å². The zero-order valence-electron chi connectivity index (χ0n) is 15.5. The summed E-state index contributed by atoms with van der Waals surface area (Å²) in [5.74, 6) is 0.681. The first-order valence-electron chi connectivity index (χ1n) is 9.16. The van der Waals surface area contributed by atoms with Crippen LogP contribution in [0.4, 0.5) is 0 Å². The van der Waals surface area contributed by atoms with E-state index in [1.807, 2.05) is 12.3 Å². The fourth-order valence-corrected chi connectivity index (χ4v) is 4.76. The molecule has 1 aliphatic heterocycles. The number of nitrogens with one attached hydrogen (secondary N) is 1. The van der Waals surface area contributed by atoms with Crippen molar-refractivity contribution in [3.63, 3.8) is 0 Å². The molecule has 0 saturated carbocycles. The Balaban J connectivity index is 1.68. The smallest absolute Gasteiger partial charge is 0.240 e. The molecule has 1 aromatic heterocycles. The molecule has 27 heavy (non-hydrogen) atoms. The number of hydrogen-bond donors (Lipinski definition) is 1. The number of ether oxygens (including phenoxy) is 2. The Bertz CT molecular complexity index is 786. The lowest BCUT2D eigenvalue weighted by Gasteiger charge is -2.34. The lowest BCUT2D eigenvalue weighted by Crippen LogP contribution is -2.43. The quantitative estimate of drug-likeness (QED) is 0.688. The Morgan fingerprint density at radius 1 is 1.22 bits per heavy atom. The fourth-order valence-electron chi connectivity index (χ4n) is 3.02. The Labute approximate surface area is 165 Å². The molecule has 1 atom stereocenters. The fraction of sp³-hybridized carbons (Fsp3) is 0.474. The summed E-state index contributed by atoms with van der Waals surface area (Å²) in [6, 6.07) is 8.62. The van der Waals surface area contributed by atoms with Gasteiger partial charge in [-0.25, -0.2) is 13.1 Å². The summed E-state index contributed by atoms with van der Waals surface area (Å²) in [6.45, 7) is 5.91. The molecule has 1 aromatic carbocycles. The minimum Gasteiger partial charge on any atom is -0.494 e. The van der Waals surface area contributed by atoms with E-state index in [0.717, 1.165) is 25.1 Å². The maximum absolute atomic E-state index is 12.7. The molecule has 0 spiro atoms. The molecule has 0 aliphatic carbocycles. The van der Waals surface area contributed by atoms with Gasteiger partial charge < -0.3 is 9.47 Å². The number of rotatable bonds is 9. The van der Waals surface area contributed by atoms with Gasteiger partial charge in [-0.15, -0.1) is 0 Å². The molecule has 0 bridgehead atoms. The molecule has 8 heteroatoms. The molecule has 0 amide bonds. The summed E-state index contributed by atoms with van der Waals surface area (Å²) in [5.41, 5.74) is 1.13. The minimum absolute atomic E-state index is 0.00193. The van der Waals surface area contributed by atoms with E-state index in [9.17, 15) is 8.42 Å². The van der Waals surface area contributed by atoms with Crippen LogP contribution in [-0.2, 0) is 14.8 Å². The molecule has 1 N–H and O–H groups in total. The molecule has 1 aliphatic rings. The van der Waals surface area contributed by atoms with Crippen molar-refractivity contribution in [3.8, 4) is 5.75 Å². The second-order valence-electron chi connectivity index (χ2n) is 6.39. The van der Waals surface area contributed by atoms with Crippen LogP contribution < -0.4 is 9.46 Å². The largest absolute Gasteiger partial charge is 0.494 e. The normalized spacial score (nSPS) is 16.9. The molecule has 148 valence electrons. The van der Waals surface area contributed by atoms with E-state index < -0.39 is 10.0 Å². The van der Waals surface area contributed by atoms with Crippen molar-refractivity contribution < 1.29 is 17.9 Å². The van der Waals surface area contributed by atoms with Gasteiger partial charge in [0, 0.05) is 25.7 Å². The van der Waals surface area contributed by atoms with Crippen LogP contribution in [0.15, 0.2) is 46.0 Å². The summed E-state index contributed by atoms with van der Waals surface area (Å²) in [5, 5.41) is 4.10. The van der Waals surface area contributed by atoms with E-state index in [4.69, 9.17) is 9.47 Å². The summed E-state index contributed by atoms with van der Waals surface area (Å²) in [7, 11) is -3.58. The summed E-state index contributed by atoms with van der Waals surface area (Å²) in [4.78, 5) is 2.52. The standard InChI is InChI=1S/C19H26N2O4S2/c1-2-10-25-17-3-5-18(6-4-17)27(22,23)20-14-19(16-7-13-26-15-16)21-8-11-24-12-9-21/h3-7,13,15,19-20H,2,8-12,14H2,1H3. The molecule has 1 saturated heterocycles. The van der Waals surface area contributed by atoms with Crippen molar-refractivity contribution in [2.45, 2.75) is 24.3 Å². The van der Waals surface area contributed by atoms with Crippen LogP contribution in [0.25, 0.3) is 0 Å². The first-order valence-corrected chi connectivity index (χ1v) is 11.6. The average molecular weight is 411 g/mol. The van der Waals surface area contributed by atoms with Crippen LogP contribution in [0, 0.1) is 0 Å². The number of sulfonamides is 1. The maximum atomic E-state index is 12.7. The third-order valence-electron chi connectivity index (χ3n) is 4.49. The number of morpholine rings is 1. The van der Waals surface area contributed by atoms with Crippen molar-refractivity contribution in [3.05, 3.63) is 46.7 Å². The maximum Gasteiger partial charge on any atom is 0.240 e. The Morgan fingerprint density at radius 2 is 1.96 bits per heavy atom. The number of benzene rings is 1. The summed E-state index contributed by atoms with van der Waals surface area (Å²) in [6.07, 6.45) is 0.910. The predicted molar refractivity (Wildman–Crippen MR) is 107 cm³/mol. The molecule has 1 fully saturated rings. The highest BCUT2D eigenvalue weighted by Gasteiger charge is 2.25. The van der Waals surface area contributed by atoms with Crippen molar-refractivity contribution in [2.24, 2.45) is 0 Å². The van der Waals surface area contributed by atoms with Crippen molar-refractivity contribution in [2.75, 3.05) is 39.5 Å². The minimum atomic E-state index is -3.58. The first kappa shape index (κ1) is 20.3. The van der Waals surface area contributed by atoms with Crippen LogP contribution in [0.5, 0.6) is 5.75 Å². The van der Waals surface area contributed by atoms with Crippen LogP contribution in [0.1, 0.15) is 24.9 Å². The van der Waals surface area contributed by atoms with Crippen LogP contribution in [0.2, 0.25) is 0 Å². The molecule has 2 aromatic rings. The van der Waals surface area contributed by atoms with Gasteiger partial charge in [0.15, 0.2) is 0 Å². The molecular formula is C19H26N2O4S2. The van der Waals surface area contributed by atoms with Crippen molar-refractivity contribution in [1.82, 2.24) is 9.62 Å². The second-order valence-corrected chi connectivity index (χ2v) is 8.94. The molecule has 6 nitrogen and oxygen atoms in total. The lowest BCUT2D eigenvalue weighted by atomic mass is 10.1. The van der Waals surface area contributed by atoms with Gasteiger partial charge in [-0.2, -0.15) is 11.3 Å². The third kappa shape index (κ3) is 5.52. The van der Waals surface area contributed by atoms with Gasteiger partial charge in [0.1, 0.15) is 5.75 Å². The van der Waals surface area contributed by atoms with Crippen LogP contribution in [-0.4, -0.2) is 52.8 Å². The van der Waals surface area contributed by atoms with Gasteiger partial charge in [-0.1, -0.05) is 6.92 Å². The zero-order valence-corrected chi connectivity index (χ0v) is 17.1. The van der Waals surface area contributed by atoms with Crippen LogP contribution >= 0.6 is 11.3 Å². The van der Waals surface area contributed by atoms with E-state index in [0.29, 0.717) is 32.1 Å². The number of hydrogen-bond acceptors (Lipinski definition) is 6. The van der Waals surface area contributed by atoms with Crippen molar-refractivity contribution in [1.29, 1.82) is 0 Å². The van der Waals surface area contributed by atoms with E-state index in [-0.39, 0.29) is 10.9 Å². The lowest BCUT2D eigenvalue weighted by molar-refractivity contribution is 0.0173.